The van der Waals surface area contributed by atoms with Crippen LogP contribution in [0.2, 0.25) is 0 Å². The maximum Gasteiger partial charge on any atom is 1.00 e. The van der Waals surface area contributed by atoms with Gasteiger partial charge in [0.2, 0.25) is 0 Å². The zero-order valence-corrected chi connectivity index (χ0v) is 16.2. The van der Waals surface area contributed by atoms with Crippen LogP contribution in [0.15, 0.2) is 0 Å². The van der Waals surface area contributed by atoms with Gasteiger partial charge in [0.05, 0.1) is 11.9 Å². The third-order valence-corrected chi connectivity index (χ3v) is 3.45. The van der Waals surface area contributed by atoms with Gasteiger partial charge in [-0.15, -0.1) is 0 Å². The van der Waals surface area contributed by atoms with Gasteiger partial charge >= 0.3 is 59.1 Å². The molecule has 1 atom stereocenters. The van der Waals surface area contributed by atoms with Crippen molar-refractivity contribution in [3.8, 4) is 0 Å². The molecule has 1 fully saturated rings. The Labute approximate surface area is 158 Å². The van der Waals surface area contributed by atoms with E-state index in [-0.39, 0.29) is 65.5 Å². The van der Waals surface area contributed by atoms with Gasteiger partial charge in [0.25, 0.3) is 0 Å². The number of aliphatic carboxylic acids is 2. The largest absolute Gasteiger partial charge is 1.00 e. The van der Waals surface area contributed by atoms with Crippen LogP contribution in [0.3, 0.4) is 0 Å². The minimum Gasteiger partial charge on any atom is -0.549 e. The van der Waals surface area contributed by atoms with E-state index in [2.05, 4.69) is 11.8 Å². The van der Waals surface area contributed by atoms with Crippen LogP contribution in [0.25, 0.3) is 0 Å². The molecule has 0 aliphatic carbocycles. The SMILES string of the molecule is CC1CCCN1CCCCC(C(=O)[O-])C(=O)[O-].[Na+].[Na+]. The second kappa shape index (κ2) is 11.5. The number of carboxylic acids is 2. The van der Waals surface area contributed by atoms with Gasteiger partial charge in [-0.05, 0) is 45.7 Å². The molecule has 0 aromatic carbocycles. The number of likely N-dealkylation sites (tertiary alicyclic amines) is 1. The molecule has 19 heavy (non-hydrogen) atoms. The fraction of sp³-hybridized carbons (Fsp3) is 0.833. The first kappa shape index (κ1) is 22.2. The molecule has 1 aliphatic heterocycles. The van der Waals surface area contributed by atoms with Gasteiger partial charge in [0.1, 0.15) is 0 Å². The predicted octanol–water partition coefficient (Wildman–Crippen LogP) is -7.24. The molecule has 1 aliphatic rings. The van der Waals surface area contributed by atoms with Crippen LogP contribution in [0.1, 0.15) is 39.0 Å². The van der Waals surface area contributed by atoms with E-state index >= 15 is 0 Å². The standard InChI is InChI=1S/C12H21NO4.2Na/c1-9-5-4-8-13(9)7-3-2-6-10(11(14)15)12(16)17;;/h9-10H,2-8H2,1H3,(H,14,15)(H,16,17);;/q;2*+1/p-2. The van der Waals surface area contributed by atoms with Crippen LogP contribution in [0.4, 0.5) is 0 Å². The van der Waals surface area contributed by atoms with E-state index in [1.54, 1.807) is 0 Å². The summed E-state index contributed by atoms with van der Waals surface area (Å²) in [6, 6.07) is 0.591. The molecule has 0 N–H and O–H groups in total. The van der Waals surface area contributed by atoms with E-state index in [0.717, 1.165) is 19.5 Å². The summed E-state index contributed by atoms with van der Waals surface area (Å²) in [5.74, 6) is -4.55. The van der Waals surface area contributed by atoms with Gasteiger partial charge in [-0.25, -0.2) is 0 Å². The predicted molar refractivity (Wildman–Crippen MR) is 57.6 cm³/mol. The molecular formula is C12H19NNa2O4. The minimum absolute atomic E-state index is 0. The molecule has 0 aromatic rings. The third-order valence-electron chi connectivity index (χ3n) is 3.45. The topological polar surface area (TPSA) is 83.5 Å². The molecule has 98 valence electrons. The minimum atomic E-state index is -1.54. The number of hydrogen-bond donors (Lipinski definition) is 0. The van der Waals surface area contributed by atoms with E-state index in [1.807, 2.05) is 0 Å². The smallest absolute Gasteiger partial charge is 0.549 e. The molecule has 0 aromatic heterocycles. The zero-order chi connectivity index (χ0) is 12.8. The molecule has 7 heteroatoms. The molecule has 1 heterocycles. The van der Waals surface area contributed by atoms with Gasteiger partial charge in [0, 0.05) is 12.0 Å². The van der Waals surface area contributed by atoms with Crippen molar-refractivity contribution in [1.82, 2.24) is 4.90 Å². The molecule has 0 bridgehead atoms. The molecule has 0 amide bonds. The zero-order valence-electron chi connectivity index (χ0n) is 12.2. The van der Waals surface area contributed by atoms with Crippen LogP contribution in [0.5, 0.6) is 0 Å². The van der Waals surface area contributed by atoms with Crippen molar-refractivity contribution in [2.75, 3.05) is 13.1 Å². The van der Waals surface area contributed by atoms with E-state index in [0.29, 0.717) is 12.5 Å². The molecule has 0 saturated carbocycles. The van der Waals surface area contributed by atoms with Gasteiger partial charge in [-0.3, -0.25) is 0 Å². The van der Waals surface area contributed by atoms with Gasteiger partial charge in [0.15, 0.2) is 0 Å². The number of rotatable bonds is 7. The Morgan fingerprint density at radius 2 is 1.79 bits per heavy atom. The van der Waals surface area contributed by atoms with E-state index in [1.165, 1.54) is 12.8 Å². The maximum absolute atomic E-state index is 10.5. The van der Waals surface area contributed by atoms with Crippen LogP contribution >= 0.6 is 0 Å². The Balaban J connectivity index is 0. The molecule has 0 spiro atoms. The maximum atomic E-state index is 10.5. The first-order chi connectivity index (χ1) is 8.02. The summed E-state index contributed by atoms with van der Waals surface area (Å²) < 4.78 is 0. The molecule has 5 nitrogen and oxygen atoms in total. The second-order valence-electron chi connectivity index (χ2n) is 4.71. The monoisotopic (exact) mass is 287 g/mol. The summed E-state index contributed by atoms with van der Waals surface area (Å²) >= 11 is 0. The summed E-state index contributed by atoms with van der Waals surface area (Å²) in [4.78, 5) is 23.4. The van der Waals surface area contributed by atoms with Crippen LogP contribution < -0.4 is 69.3 Å². The first-order valence-corrected chi connectivity index (χ1v) is 6.18. The number of unbranched alkanes of at least 4 members (excludes halogenated alkanes) is 1. The normalized spacial score (nSPS) is 18.7. The number of hydrogen-bond acceptors (Lipinski definition) is 5. The van der Waals surface area contributed by atoms with E-state index in [9.17, 15) is 19.8 Å². The quantitative estimate of drug-likeness (QED) is 0.264. The third kappa shape index (κ3) is 8.05. The van der Waals surface area contributed by atoms with Crippen LogP contribution in [-0.4, -0.2) is 36.0 Å². The average Bonchev–Trinajstić information content (AvgIpc) is 2.63. The van der Waals surface area contributed by atoms with Crippen molar-refractivity contribution in [3.63, 3.8) is 0 Å². The number of nitrogens with zero attached hydrogens (tertiary/aromatic N) is 1. The Bertz CT molecular complexity index is 275. The first-order valence-electron chi connectivity index (χ1n) is 6.18. The van der Waals surface area contributed by atoms with E-state index in [4.69, 9.17) is 0 Å². The van der Waals surface area contributed by atoms with E-state index < -0.39 is 17.9 Å². The summed E-state index contributed by atoms with van der Waals surface area (Å²) in [5, 5.41) is 21.0. The van der Waals surface area contributed by atoms with Crippen LogP contribution in [-0.2, 0) is 9.59 Å². The average molecular weight is 287 g/mol. The molecule has 1 rings (SSSR count). The summed E-state index contributed by atoms with van der Waals surface area (Å²) in [7, 11) is 0. The Morgan fingerprint density at radius 3 is 2.21 bits per heavy atom. The van der Waals surface area contributed by atoms with Crippen molar-refractivity contribution in [3.05, 3.63) is 0 Å². The fourth-order valence-electron chi connectivity index (χ4n) is 2.32. The number of carboxylic acid groups (broad SMARTS) is 2. The van der Waals surface area contributed by atoms with Crippen molar-refractivity contribution in [2.24, 2.45) is 5.92 Å². The second-order valence-corrected chi connectivity index (χ2v) is 4.71. The van der Waals surface area contributed by atoms with Crippen molar-refractivity contribution in [2.45, 2.75) is 45.1 Å². The molecule has 0 radical (unpaired) electrons. The summed E-state index contributed by atoms with van der Waals surface area (Å²) in [6.45, 7) is 4.18. The number of carbonyl (C=O) groups is 2. The van der Waals surface area contributed by atoms with Gasteiger partial charge < -0.3 is 24.7 Å². The summed E-state index contributed by atoms with van der Waals surface area (Å²) in [5.41, 5.74) is 0. The van der Waals surface area contributed by atoms with Crippen molar-refractivity contribution < 1.29 is 78.9 Å². The molecule has 1 saturated heterocycles. The van der Waals surface area contributed by atoms with Crippen molar-refractivity contribution in [1.29, 1.82) is 0 Å². The fourth-order valence-corrected chi connectivity index (χ4v) is 2.32. The van der Waals surface area contributed by atoms with Gasteiger partial charge in [-0.1, -0.05) is 6.42 Å². The van der Waals surface area contributed by atoms with Gasteiger partial charge in [-0.2, -0.15) is 0 Å². The molecular weight excluding hydrogens is 268 g/mol. The number of carbonyl (C=O) groups excluding carboxylic acids is 2. The van der Waals surface area contributed by atoms with Crippen LogP contribution in [0, 0.1) is 5.92 Å². The Kier molecular flexibility index (Phi) is 13.5. The summed E-state index contributed by atoms with van der Waals surface area (Å²) in [6.07, 6.45) is 3.92. The van der Waals surface area contributed by atoms with Crippen molar-refractivity contribution >= 4 is 11.9 Å². The molecule has 1 unspecified atom stereocenters. The Morgan fingerprint density at radius 1 is 1.21 bits per heavy atom. The Hall–Kier alpha value is 0.900.